The smallest absolute Gasteiger partial charge is 0.416 e. The number of hydrogen-bond acceptors (Lipinski definition) is 6. The molecule has 0 atom stereocenters. The molecule has 7 nitrogen and oxygen atoms in total. The minimum Gasteiger partial charge on any atom is -0.497 e. The van der Waals surface area contributed by atoms with E-state index in [0.29, 0.717) is 28.1 Å². The number of aromatic nitrogens is 3. The number of ether oxygens (including phenoxy) is 1. The summed E-state index contributed by atoms with van der Waals surface area (Å²) in [6.07, 6.45) is -4.51. The number of thioether (sulfide) groups is 1. The molecule has 1 heterocycles. The van der Waals surface area contributed by atoms with Crippen LogP contribution in [0, 0.1) is 5.82 Å². The predicted molar refractivity (Wildman–Crippen MR) is 132 cm³/mol. The summed E-state index contributed by atoms with van der Waals surface area (Å²) in [5.74, 6) is 0.206. The van der Waals surface area contributed by atoms with Crippen LogP contribution in [0.2, 0.25) is 0 Å². The van der Waals surface area contributed by atoms with Gasteiger partial charge in [-0.05, 0) is 66.7 Å². The van der Waals surface area contributed by atoms with Crippen LogP contribution in [-0.2, 0) is 17.5 Å². The van der Waals surface area contributed by atoms with Gasteiger partial charge in [0.05, 0.1) is 25.0 Å². The molecule has 3 aromatic carbocycles. The van der Waals surface area contributed by atoms with Crippen LogP contribution in [-0.4, -0.2) is 33.5 Å². The number of rotatable bonds is 9. The summed E-state index contributed by atoms with van der Waals surface area (Å²) in [7, 11) is 1.55. The monoisotopic (exact) mass is 531 g/mol. The third-order valence-corrected chi connectivity index (χ3v) is 6.06. The van der Waals surface area contributed by atoms with Gasteiger partial charge in [-0.25, -0.2) is 4.39 Å². The maximum Gasteiger partial charge on any atom is 0.416 e. The van der Waals surface area contributed by atoms with E-state index < -0.39 is 17.6 Å². The van der Waals surface area contributed by atoms with Crippen molar-refractivity contribution in [3.63, 3.8) is 0 Å². The second kappa shape index (κ2) is 11.3. The molecule has 0 saturated carbocycles. The van der Waals surface area contributed by atoms with Gasteiger partial charge in [0, 0.05) is 17.1 Å². The summed E-state index contributed by atoms with van der Waals surface area (Å²) in [5.41, 5.74) is 0.583. The number of carbonyl (C=O) groups is 1. The van der Waals surface area contributed by atoms with E-state index in [2.05, 4.69) is 20.8 Å². The lowest BCUT2D eigenvalue weighted by molar-refractivity contribution is -0.137. The molecule has 0 bridgehead atoms. The van der Waals surface area contributed by atoms with Gasteiger partial charge in [0.15, 0.2) is 11.0 Å². The molecule has 0 radical (unpaired) electrons. The first-order valence-electron chi connectivity index (χ1n) is 10.9. The van der Waals surface area contributed by atoms with E-state index in [0.717, 1.165) is 23.9 Å². The van der Waals surface area contributed by atoms with Gasteiger partial charge in [-0.3, -0.25) is 9.36 Å². The van der Waals surface area contributed by atoms with E-state index >= 15 is 0 Å². The number of halogens is 4. The average molecular weight is 532 g/mol. The number of nitrogens with zero attached hydrogens (tertiary/aromatic N) is 3. The first-order chi connectivity index (χ1) is 17.7. The van der Waals surface area contributed by atoms with Gasteiger partial charge in [-0.2, -0.15) is 13.2 Å². The SMILES string of the molecule is COc1ccc(-n2c(CNc3ccc(F)cc3)nnc2SCC(=O)Nc2cccc(C(F)(F)F)c2)cc1. The summed E-state index contributed by atoms with van der Waals surface area (Å²) in [4.78, 5) is 12.5. The molecule has 12 heteroatoms. The maximum atomic E-state index is 13.2. The Balaban J connectivity index is 1.50. The van der Waals surface area contributed by atoms with Crippen molar-refractivity contribution in [2.24, 2.45) is 0 Å². The maximum absolute atomic E-state index is 13.2. The zero-order valence-electron chi connectivity index (χ0n) is 19.4. The van der Waals surface area contributed by atoms with Gasteiger partial charge in [-0.1, -0.05) is 17.8 Å². The van der Waals surface area contributed by atoms with Crippen molar-refractivity contribution in [1.82, 2.24) is 14.8 Å². The van der Waals surface area contributed by atoms with Gasteiger partial charge < -0.3 is 15.4 Å². The van der Waals surface area contributed by atoms with E-state index in [1.807, 2.05) is 0 Å². The Kier molecular flexibility index (Phi) is 7.97. The first-order valence-corrected chi connectivity index (χ1v) is 11.9. The molecule has 37 heavy (non-hydrogen) atoms. The molecule has 0 aliphatic carbocycles. The zero-order chi connectivity index (χ0) is 26.4. The van der Waals surface area contributed by atoms with Crippen molar-refractivity contribution in [2.45, 2.75) is 17.9 Å². The molecule has 0 aliphatic rings. The molecule has 0 aliphatic heterocycles. The molecule has 0 unspecified atom stereocenters. The van der Waals surface area contributed by atoms with Gasteiger partial charge >= 0.3 is 6.18 Å². The van der Waals surface area contributed by atoms with Crippen LogP contribution < -0.4 is 15.4 Å². The molecule has 4 rings (SSSR count). The van der Waals surface area contributed by atoms with Crippen molar-refractivity contribution < 1.29 is 27.1 Å². The highest BCUT2D eigenvalue weighted by atomic mass is 32.2. The Bertz CT molecular complexity index is 1360. The molecular formula is C25H21F4N5O2S. The quantitative estimate of drug-likeness (QED) is 0.211. The number of benzene rings is 3. The standard InChI is InChI=1S/C25H21F4N5O2S/c1-36-21-11-9-20(10-12-21)34-22(14-30-18-7-5-17(26)6-8-18)32-33-24(34)37-15-23(35)31-19-4-2-3-16(13-19)25(27,28)29/h2-13,30H,14-15H2,1H3,(H,31,35). The van der Waals surface area contributed by atoms with Crippen molar-refractivity contribution in [1.29, 1.82) is 0 Å². The molecule has 4 aromatic rings. The van der Waals surface area contributed by atoms with Crippen molar-refractivity contribution in [2.75, 3.05) is 23.5 Å². The lowest BCUT2D eigenvalue weighted by atomic mass is 10.2. The Morgan fingerprint density at radius 3 is 2.41 bits per heavy atom. The fourth-order valence-electron chi connectivity index (χ4n) is 3.35. The van der Waals surface area contributed by atoms with Crippen LogP contribution in [0.15, 0.2) is 78.0 Å². The summed E-state index contributed by atoms with van der Waals surface area (Å²) in [6.45, 7) is 0.252. The molecule has 0 saturated heterocycles. The predicted octanol–water partition coefficient (Wildman–Crippen LogP) is 5.78. The van der Waals surface area contributed by atoms with Crippen LogP contribution in [0.5, 0.6) is 5.75 Å². The minimum atomic E-state index is -4.51. The van der Waals surface area contributed by atoms with Gasteiger partial charge in [0.1, 0.15) is 11.6 Å². The molecular weight excluding hydrogens is 510 g/mol. The Morgan fingerprint density at radius 1 is 1.00 bits per heavy atom. The van der Waals surface area contributed by atoms with Gasteiger partial charge in [-0.15, -0.1) is 10.2 Å². The number of anilines is 2. The molecule has 0 fully saturated rings. The number of carbonyl (C=O) groups excluding carboxylic acids is 1. The Hall–Kier alpha value is -4.06. The van der Waals surface area contributed by atoms with Gasteiger partial charge in [0.2, 0.25) is 5.91 Å². The van der Waals surface area contributed by atoms with Crippen LogP contribution in [0.1, 0.15) is 11.4 Å². The van der Waals surface area contributed by atoms with Crippen molar-refractivity contribution in [3.8, 4) is 11.4 Å². The molecule has 2 N–H and O–H groups in total. The molecule has 1 amide bonds. The fraction of sp³-hybridized carbons (Fsp3) is 0.160. The first kappa shape index (κ1) is 26.0. The number of amides is 1. The van der Waals surface area contributed by atoms with E-state index in [1.54, 1.807) is 48.1 Å². The van der Waals surface area contributed by atoms with Gasteiger partial charge in [0.25, 0.3) is 0 Å². The van der Waals surface area contributed by atoms with E-state index in [-0.39, 0.29) is 23.8 Å². The number of alkyl halides is 3. The zero-order valence-corrected chi connectivity index (χ0v) is 20.2. The number of hydrogen-bond donors (Lipinski definition) is 2. The van der Waals surface area contributed by atoms with E-state index in [1.165, 1.54) is 24.3 Å². The summed E-state index contributed by atoms with van der Waals surface area (Å²) < 4.78 is 59.0. The normalized spacial score (nSPS) is 11.3. The third-order valence-electron chi connectivity index (χ3n) is 5.13. The third kappa shape index (κ3) is 6.79. The molecule has 1 aromatic heterocycles. The van der Waals surface area contributed by atoms with Crippen LogP contribution in [0.3, 0.4) is 0 Å². The topological polar surface area (TPSA) is 81.1 Å². The largest absolute Gasteiger partial charge is 0.497 e. The summed E-state index contributed by atoms with van der Waals surface area (Å²) in [6, 6.07) is 17.4. The van der Waals surface area contributed by atoms with Crippen molar-refractivity contribution >= 4 is 29.0 Å². The van der Waals surface area contributed by atoms with Crippen LogP contribution in [0.4, 0.5) is 28.9 Å². The highest BCUT2D eigenvalue weighted by Gasteiger charge is 2.30. The lowest BCUT2D eigenvalue weighted by Gasteiger charge is -2.12. The van der Waals surface area contributed by atoms with E-state index in [9.17, 15) is 22.4 Å². The number of nitrogens with one attached hydrogen (secondary N) is 2. The lowest BCUT2D eigenvalue weighted by Crippen LogP contribution is -2.15. The van der Waals surface area contributed by atoms with Crippen molar-refractivity contribution in [3.05, 3.63) is 90.0 Å². The second-order valence-electron chi connectivity index (χ2n) is 7.71. The molecule has 0 spiro atoms. The van der Waals surface area contributed by atoms with Crippen LogP contribution in [0.25, 0.3) is 5.69 Å². The highest BCUT2D eigenvalue weighted by Crippen LogP contribution is 2.31. The second-order valence-corrected chi connectivity index (χ2v) is 8.65. The van der Waals surface area contributed by atoms with E-state index in [4.69, 9.17) is 4.74 Å². The average Bonchev–Trinajstić information content (AvgIpc) is 3.29. The number of methoxy groups -OCH3 is 1. The van der Waals surface area contributed by atoms with Crippen LogP contribution >= 0.6 is 11.8 Å². The fourth-order valence-corrected chi connectivity index (χ4v) is 4.12. The summed E-state index contributed by atoms with van der Waals surface area (Å²) >= 11 is 1.08. The molecule has 192 valence electrons. The summed E-state index contributed by atoms with van der Waals surface area (Å²) in [5, 5.41) is 14.5. The Morgan fingerprint density at radius 2 is 1.73 bits per heavy atom. The Labute approximate surface area is 213 Å². The highest BCUT2D eigenvalue weighted by molar-refractivity contribution is 7.99. The minimum absolute atomic E-state index is 0.0428.